The molecule has 0 aliphatic carbocycles. The Hall–Kier alpha value is -2.27. The van der Waals surface area contributed by atoms with Crippen LogP contribution < -0.4 is 5.73 Å². The van der Waals surface area contributed by atoms with Crippen LogP contribution in [0.2, 0.25) is 5.15 Å². The predicted molar refractivity (Wildman–Crippen MR) is 85.4 cm³/mol. The van der Waals surface area contributed by atoms with E-state index >= 15 is 0 Å². The van der Waals surface area contributed by atoms with E-state index in [0.29, 0.717) is 29.3 Å². The lowest BCUT2D eigenvalue weighted by atomic mass is 10.1. The molecule has 2 rings (SSSR count). The van der Waals surface area contributed by atoms with Gasteiger partial charge in [-0.3, -0.25) is 9.98 Å². The molecule has 2 heterocycles. The fourth-order valence-electron chi connectivity index (χ4n) is 1.82. The molecule has 0 atom stereocenters. The number of carbonyl (C=O) groups excluding carboxylic acids is 1. The van der Waals surface area contributed by atoms with Crippen LogP contribution in [0.5, 0.6) is 0 Å². The summed E-state index contributed by atoms with van der Waals surface area (Å²) in [5.74, 6) is 0. The van der Waals surface area contributed by atoms with Gasteiger partial charge in [0.25, 0.3) is 0 Å². The fourth-order valence-corrected chi connectivity index (χ4v) is 1.97. The summed E-state index contributed by atoms with van der Waals surface area (Å²) >= 11 is 5.90. The molecule has 2 N–H and O–H groups in total. The SMILES string of the molecule is CC(N)=C(C=NCCC=O)c1cnc2ccc(Cl)nc2c1. The standard InChI is InChI=1S/C15H15ClN4O/c1-10(17)12(9-18-5-2-6-21)11-7-14-13(19-8-11)3-4-15(16)20-14/h3-4,6-9H,2,5,17H2,1H3. The molecule has 2 aromatic heterocycles. The van der Waals surface area contributed by atoms with Crippen LogP contribution >= 0.6 is 11.6 Å². The van der Waals surface area contributed by atoms with E-state index in [1.807, 2.05) is 12.1 Å². The molecule has 0 spiro atoms. The first-order valence-electron chi connectivity index (χ1n) is 6.44. The Bertz CT molecular complexity index is 721. The van der Waals surface area contributed by atoms with Gasteiger partial charge >= 0.3 is 0 Å². The highest BCUT2D eigenvalue weighted by molar-refractivity contribution is 6.29. The summed E-state index contributed by atoms with van der Waals surface area (Å²) in [6.07, 6.45) is 4.60. The largest absolute Gasteiger partial charge is 0.402 e. The van der Waals surface area contributed by atoms with Gasteiger partial charge in [-0.05, 0) is 25.1 Å². The van der Waals surface area contributed by atoms with Gasteiger partial charge in [0.1, 0.15) is 11.4 Å². The van der Waals surface area contributed by atoms with E-state index in [9.17, 15) is 4.79 Å². The smallest absolute Gasteiger partial charge is 0.129 e. The second-order valence-electron chi connectivity index (χ2n) is 4.48. The molecule has 0 aliphatic heterocycles. The summed E-state index contributed by atoms with van der Waals surface area (Å²) in [6, 6.07) is 5.37. The number of nitrogens with zero attached hydrogens (tertiary/aromatic N) is 3. The zero-order chi connectivity index (χ0) is 15.2. The molecule has 0 unspecified atom stereocenters. The molecular formula is C15H15ClN4O. The third-order valence-electron chi connectivity index (χ3n) is 2.84. The Kier molecular flexibility index (Phi) is 5.00. The van der Waals surface area contributed by atoms with E-state index in [4.69, 9.17) is 17.3 Å². The Morgan fingerprint density at radius 3 is 2.95 bits per heavy atom. The zero-order valence-corrected chi connectivity index (χ0v) is 12.3. The number of allylic oxidation sites excluding steroid dienone is 2. The molecule has 0 saturated carbocycles. The zero-order valence-electron chi connectivity index (χ0n) is 11.6. The average Bonchev–Trinajstić information content (AvgIpc) is 2.46. The van der Waals surface area contributed by atoms with Crippen molar-refractivity contribution in [2.75, 3.05) is 6.54 Å². The van der Waals surface area contributed by atoms with Gasteiger partial charge in [0.05, 0.1) is 11.0 Å². The number of halogens is 1. The Morgan fingerprint density at radius 2 is 2.24 bits per heavy atom. The van der Waals surface area contributed by atoms with Crippen molar-refractivity contribution in [2.45, 2.75) is 13.3 Å². The molecule has 6 heteroatoms. The number of pyridine rings is 2. The van der Waals surface area contributed by atoms with Gasteiger partial charge in [-0.25, -0.2) is 4.98 Å². The normalized spacial score (nSPS) is 12.7. The van der Waals surface area contributed by atoms with Crippen molar-refractivity contribution in [3.05, 3.63) is 40.8 Å². The second-order valence-corrected chi connectivity index (χ2v) is 4.87. The van der Waals surface area contributed by atoms with Gasteiger partial charge in [0.2, 0.25) is 0 Å². The molecule has 2 aromatic rings. The van der Waals surface area contributed by atoms with Crippen molar-refractivity contribution >= 4 is 40.7 Å². The summed E-state index contributed by atoms with van der Waals surface area (Å²) in [7, 11) is 0. The van der Waals surface area contributed by atoms with Crippen LogP contribution in [0.3, 0.4) is 0 Å². The first kappa shape index (κ1) is 15.1. The van der Waals surface area contributed by atoms with E-state index in [-0.39, 0.29) is 0 Å². The van der Waals surface area contributed by atoms with E-state index < -0.39 is 0 Å². The van der Waals surface area contributed by atoms with E-state index in [1.165, 1.54) is 0 Å². The van der Waals surface area contributed by atoms with Gasteiger partial charge < -0.3 is 10.5 Å². The van der Waals surface area contributed by atoms with E-state index in [1.54, 1.807) is 25.4 Å². The number of hydrogen-bond donors (Lipinski definition) is 1. The van der Waals surface area contributed by atoms with Crippen molar-refractivity contribution in [1.29, 1.82) is 0 Å². The predicted octanol–water partition coefficient (Wildman–Crippen LogP) is 2.63. The quantitative estimate of drug-likeness (QED) is 0.398. The van der Waals surface area contributed by atoms with Crippen LogP contribution in [0, 0.1) is 0 Å². The molecule has 108 valence electrons. The molecule has 0 aromatic carbocycles. The Balaban J connectivity index is 2.39. The fraction of sp³-hybridized carbons (Fsp3) is 0.200. The molecule has 0 fully saturated rings. The lowest BCUT2D eigenvalue weighted by molar-refractivity contribution is -0.107. The third-order valence-corrected chi connectivity index (χ3v) is 3.05. The topological polar surface area (TPSA) is 81.2 Å². The van der Waals surface area contributed by atoms with Gasteiger partial charge in [0, 0.05) is 42.2 Å². The molecular weight excluding hydrogens is 288 g/mol. The third kappa shape index (κ3) is 3.86. The van der Waals surface area contributed by atoms with Crippen molar-refractivity contribution in [3.63, 3.8) is 0 Å². The Labute approximate surface area is 127 Å². The highest BCUT2D eigenvalue weighted by Gasteiger charge is 2.05. The van der Waals surface area contributed by atoms with Crippen molar-refractivity contribution in [2.24, 2.45) is 10.7 Å². The number of nitrogens with two attached hydrogens (primary N) is 1. The first-order valence-corrected chi connectivity index (χ1v) is 6.82. The summed E-state index contributed by atoms with van der Waals surface area (Å²) in [4.78, 5) is 23.1. The summed E-state index contributed by atoms with van der Waals surface area (Å²) in [5.41, 5.74) is 9.55. The maximum atomic E-state index is 10.3. The van der Waals surface area contributed by atoms with Crippen LogP contribution in [-0.4, -0.2) is 29.0 Å². The van der Waals surface area contributed by atoms with Gasteiger partial charge in [-0.1, -0.05) is 11.6 Å². The molecule has 21 heavy (non-hydrogen) atoms. The van der Waals surface area contributed by atoms with Crippen LogP contribution in [-0.2, 0) is 4.79 Å². The van der Waals surface area contributed by atoms with Gasteiger partial charge in [-0.15, -0.1) is 0 Å². The number of aldehydes is 1. The number of rotatable bonds is 5. The lowest BCUT2D eigenvalue weighted by Gasteiger charge is -2.06. The number of aromatic nitrogens is 2. The highest BCUT2D eigenvalue weighted by Crippen LogP contribution is 2.20. The van der Waals surface area contributed by atoms with Gasteiger partial charge in [0.15, 0.2) is 0 Å². The van der Waals surface area contributed by atoms with E-state index in [0.717, 1.165) is 22.9 Å². The van der Waals surface area contributed by atoms with E-state index in [2.05, 4.69) is 15.0 Å². The molecule has 0 saturated heterocycles. The minimum Gasteiger partial charge on any atom is -0.402 e. The molecule has 0 radical (unpaired) electrons. The lowest BCUT2D eigenvalue weighted by Crippen LogP contribution is -2.01. The van der Waals surface area contributed by atoms with Crippen molar-refractivity contribution < 1.29 is 4.79 Å². The van der Waals surface area contributed by atoms with Crippen LogP contribution in [0.4, 0.5) is 0 Å². The monoisotopic (exact) mass is 302 g/mol. The maximum Gasteiger partial charge on any atom is 0.129 e. The van der Waals surface area contributed by atoms with Crippen molar-refractivity contribution in [3.8, 4) is 0 Å². The minimum absolute atomic E-state index is 0.389. The Morgan fingerprint density at radius 1 is 1.43 bits per heavy atom. The molecule has 5 nitrogen and oxygen atoms in total. The van der Waals surface area contributed by atoms with Crippen molar-refractivity contribution in [1.82, 2.24) is 9.97 Å². The molecule has 0 amide bonds. The number of fused-ring (bicyclic) bond motifs is 1. The highest BCUT2D eigenvalue weighted by atomic mass is 35.5. The van der Waals surface area contributed by atoms with Crippen LogP contribution in [0.1, 0.15) is 18.9 Å². The number of hydrogen-bond acceptors (Lipinski definition) is 5. The number of aliphatic imine (C=N–C) groups is 1. The summed E-state index contributed by atoms with van der Waals surface area (Å²) in [6.45, 7) is 2.22. The summed E-state index contributed by atoms with van der Waals surface area (Å²) < 4.78 is 0. The molecule has 0 aliphatic rings. The minimum atomic E-state index is 0.389. The van der Waals surface area contributed by atoms with Crippen LogP contribution in [0.25, 0.3) is 16.6 Å². The average molecular weight is 303 g/mol. The first-order chi connectivity index (χ1) is 10.1. The molecule has 0 bridgehead atoms. The maximum absolute atomic E-state index is 10.3. The van der Waals surface area contributed by atoms with Gasteiger partial charge in [-0.2, -0.15) is 0 Å². The second kappa shape index (κ2) is 6.95. The summed E-state index contributed by atoms with van der Waals surface area (Å²) in [5, 5.41) is 0.413. The number of carbonyl (C=O) groups is 1. The van der Waals surface area contributed by atoms with Crippen LogP contribution in [0.15, 0.2) is 35.1 Å².